The van der Waals surface area contributed by atoms with E-state index in [9.17, 15) is 24.0 Å². The largest absolute Gasteiger partial charge is 0.458 e. The first-order chi connectivity index (χ1) is 22.0. The van der Waals surface area contributed by atoms with Crippen molar-refractivity contribution in [2.75, 3.05) is 0 Å². The van der Waals surface area contributed by atoms with E-state index in [1.807, 2.05) is 49.4 Å². The quantitative estimate of drug-likeness (QED) is 0.269. The first kappa shape index (κ1) is 37.1. The Balaban J connectivity index is 2.08. The number of nitrogens with two attached hydrogens (primary N) is 1. The summed E-state index contributed by atoms with van der Waals surface area (Å²) in [7, 11) is 0. The number of nitrogens with one attached hydrogen (secondary N) is 2. The first-order valence-electron chi connectivity index (χ1n) is 16.2. The van der Waals surface area contributed by atoms with Gasteiger partial charge in [-0.2, -0.15) is 0 Å². The molecule has 256 valence electrons. The molecule has 0 radical (unpaired) electrons. The van der Waals surface area contributed by atoms with Crippen molar-refractivity contribution in [3.8, 4) is 0 Å². The molecule has 3 unspecified atom stereocenters. The van der Waals surface area contributed by atoms with Crippen LogP contribution in [0.25, 0.3) is 0 Å². The normalized spacial score (nSPS) is 15.3. The topological polar surface area (TPSA) is 157 Å². The van der Waals surface area contributed by atoms with Crippen molar-refractivity contribution >= 4 is 29.8 Å². The number of benzene rings is 2. The minimum absolute atomic E-state index is 0.158. The number of alkyl carbamates (subject to hydrolysis) is 1. The van der Waals surface area contributed by atoms with Crippen LogP contribution >= 0.6 is 0 Å². The summed E-state index contributed by atoms with van der Waals surface area (Å²) in [6, 6.07) is 12.6. The third-order valence-corrected chi connectivity index (χ3v) is 7.64. The van der Waals surface area contributed by atoms with E-state index >= 15 is 0 Å². The zero-order chi connectivity index (χ0) is 34.9. The second-order valence-corrected chi connectivity index (χ2v) is 14.0. The number of nitrogens with zero attached hydrogens (tertiary/aromatic N) is 1. The summed E-state index contributed by atoms with van der Waals surface area (Å²) in [6.45, 7) is 12.3. The highest BCUT2D eigenvalue weighted by molar-refractivity contribution is 5.96. The molecule has 0 bridgehead atoms. The van der Waals surface area contributed by atoms with Gasteiger partial charge in [0.25, 0.3) is 0 Å². The van der Waals surface area contributed by atoms with E-state index in [2.05, 4.69) is 10.6 Å². The molecular weight excluding hydrogens is 600 g/mol. The van der Waals surface area contributed by atoms with Crippen LogP contribution in [-0.2, 0) is 41.5 Å². The minimum atomic E-state index is -1.39. The Morgan fingerprint density at radius 1 is 0.830 bits per heavy atom. The predicted molar refractivity (Wildman–Crippen MR) is 178 cm³/mol. The van der Waals surface area contributed by atoms with Crippen LogP contribution < -0.4 is 16.4 Å². The van der Waals surface area contributed by atoms with Gasteiger partial charge in [-0.1, -0.05) is 61.5 Å². The van der Waals surface area contributed by atoms with Gasteiger partial charge in [-0.05, 0) is 83.9 Å². The number of esters is 1. The van der Waals surface area contributed by atoms with E-state index in [4.69, 9.17) is 15.2 Å². The molecular formula is C36H50N4O7. The van der Waals surface area contributed by atoms with Crippen molar-refractivity contribution in [3.05, 3.63) is 71.3 Å². The molecule has 1 aliphatic carbocycles. The summed E-state index contributed by atoms with van der Waals surface area (Å²) in [6.07, 6.45) is 1.57. The number of ether oxygens (including phenoxy) is 2. The van der Waals surface area contributed by atoms with E-state index in [1.54, 1.807) is 53.7 Å². The fraction of sp³-hybridized carbons (Fsp3) is 0.528. The standard InChI is InChI=1S/C36H50N4O7/c1-8-23-17-19-25(20-18-23)30(31(42)38-28(33(44)46-35(2,3)4)21-24-13-10-9-11-14-24)40(26-15-12-16-26)32(43)27(22-29(37)41)39-34(45)47-36(5,6)7/h9-11,13-14,17-20,26-28,30H,8,12,15-16,21-22H2,1-7H3,(H2,37,41)(H,38,42)(H,39,45). The number of hydrogen-bond donors (Lipinski definition) is 3. The molecule has 1 fully saturated rings. The molecule has 1 saturated carbocycles. The molecule has 4 amide bonds. The Morgan fingerprint density at radius 2 is 1.43 bits per heavy atom. The SMILES string of the molecule is CCc1ccc(C(C(=O)NC(Cc2ccccc2)C(=O)OC(C)(C)C)N(C(=O)C(CC(N)=O)NC(=O)OC(C)(C)C)C2CCC2)cc1. The molecule has 47 heavy (non-hydrogen) atoms. The van der Waals surface area contributed by atoms with Gasteiger partial charge in [-0.3, -0.25) is 14.4 Å². The zero-order valence-electron chi connectivity index (χ0n) is 28.6. The van der Waals surface area contributed by atoms with Gasteiger partial charge in [0.05, 0.1) is 6.42 Å². The molecule has 4 N–H and O–H groups in total. The molecule has 0 aliphatic heterocycles. The average molecular weight is 651 g/mol. The molecule has 11 heteroatoms. The third kappa shape index (κ3) is 11.4. The second kappa shape index (κ2) is 15.9. The fourth-order valence-electron chi connectivity index (χ4n) is 5.25. The molecule has 2 aromatic rings. The summed E-state index contributed by atoms with van der Waals surface area (Å²) in [5, 5.41) is 5.40. The molecule has 0 heterocycles. The van der Waals surface area contributed by atoms with Gasteiger partial charge >= 0.3 is 12.1 Å². The van der Waals surface area contributed by atoms with Crippen molar-refractivity contribution in [3.63, 3.8) is 0 Å². The summed E-state index contributed by atoms with van der Waals surface area (Å²) < 4.78 is 11.1. The van der Waals surface area contributed by atoms with E-state index in [0.717, 1.165) is 24.0 Å². The second-order valence-electron chi connectivity index (χ2n) is 14.0. The average Bonchev–Trinajstić information content (AvgIpc) is 2.93. The Morgan fingerprint density at radius 3 is 1.91 bits per heavy atom. The summed E-state index contributed by atoms with van der Waals surface area (Å²) in [5.74, 6) is -2.68. The lowest BCUT2D eigenvalue weighted by Gasteiger charge is -2.43. The first-order valence-corrected chi connectivity index (χ1v) is 16.2. The van der Waals surface area contributed by atoms with Gasteiger partial charge in [-0.25, -0.2) is 9.59 Å². The molecule has 0 aromatic heterocycles. The van der Waals surface area contributed by atoms with Crippen LogP contribution in [0.4, 0.5) is 4.79 Å². The van der Waals surface area contributed by atoms with E-state index in [-0.39, 0.29) is 12.5 Å². The number of carbonyl (C=O) groups excluding carboxylic acids is 5. The number of hydrogen-bond acceptors (Lipinski definition) is 7. The zero-order valence-corrected chi connectivity index (χ0v) is 28.6. The molecule has 3 atom stereocenters. The minimum Gasteiger partial charge on any atom is -0.458 e. The third-order valence-electron chi connectivity index (χ3n) is 7.64. The van der Waals surface area contributed by atoms with Gasteiger partial charge in [0, 0.05) is 12.5 Å². The maximum atomic E-state index is 14.5. The monoisotopic (exact) mass is 650 g/mol. The van der Waals surface area contributed by atoms with Crippen molar-refractivity contribution in [1.29, 1.82) is 0 Å². The highest BCUT2D eigenvalue weighted by Gasteiger charge is 2.43. The number of rotatable bonds is 13. The molecule has 0 spiro atoms. The highest BCUT2D eigenvalue weighted by atomic mass is 16.6. The van der Waals surface area contributed by atoms with Gasteiger partial charge < -0.3 is 30.7 Å². The van der Waals surface area contributed by atoms with E-state index in [1.165, 1.54) is 4.90 Å². The van der Waals surface area contributed by atoms with Crippen LogP contribution in [0.5, 0.6) is 0 Å². The summed E-state index contributed by atoms with van der Waals surface area (Å²) >= 11 is 0. The van der Waals surface area contributed by atoms with Gasteiger partial charge in [0.2, 0.25) is 17.7 Å². The van der Waals surface area contributed by atoms with Crippen LogP contribution in [0, 0.1) is 0 Å². The van der Waals surface area contributed by atoms with Gasteiger partial charge in [0.1, 0.15) is 29.3 Å². The van der Waals surface area contributed by atoms with Crippen molar-refractivity contribution in [2.24, 2.45) is 5.73 Å². The smallest absolute Gasteiger partial charge is 0.408 e. The van der Waals surface area contributed by atoms with Crippen LogP contribution in [0.15, 0.2) is 54.6 Å². The number of carbonyl (C=O) groups is 5. The summed E-state index contributed by atoms with van der Waals surface area (Å²) in [4.78, 5) is 68.8. The van der Waals surface area contributed by atoms with Gasteiger partial charge in [-0.15, -0.1) is 0 Å². The fourth-order valence-corrected chi connectivity index (χ4v) is 5.25. The van der Waals surface area contributed by atoms with Crippen LogP contribution in [0.2, 0.25) is 0 Å². The van der Waals surface area contributed by atoms with Crippen LogP contribution in [0.1, 0.15) is 96.9 Å². The van der Waals surface area contributed by atoms with Crippen LogP contribution in [0.3, 0.4) is 0 Å². The molecule has 1 aliphatic rings. The maximum Gasteiger partial charge on any atom is 0.408 e. The molecule has 0 saturated heterocycles. The molecule has 2 aromatic carbocycles. The maximum absolute atomic E-state index is 14.5. The lowest BCUT2D eigenvalue weighted by molar-refractivity contribution is -0.159. The van der Waals surface area contributed by atoms with Crippen molar-refractivity contribution in [2.45, 2.75) is 122 Å². The lowest BCUT2D eigenvalue weighted by atomic mass is 9.87. The predicted octanol–water partition coefficient (Wildman–Crippen LogP) is 4.51. The van der Waals surface area contributed by atoms with Crippen molar-refractivity contribution < 1.29 is 33.4 Å². The lowest BCUT2D eigenvalue weighted by Crippen LogP contribution is -2.59. The van der Waals surface area contributed by atoms with E-state index in [0.29, 0.717) is 18.4 Å². The van der Waals surface area contributed by atoms with Gasteiger partial charge in [0.15, 0.2) is 0 Å². The Kier molecular flexibility index (Phi) is 12.6. The Hall–Kier alpha value is -4.41. The van der Waals surface area contributed by atoms with Crippen LogP contribution in [-0.4, -0.2) is 64.0 Å². The Labute approximate surface area is 277 Å². The Bertz CT molecular complexity index is 1390. The van der Waals surface area contributed by atoms with Crippen molar-refractivity contribution in [1.82, 2.24) is 15.5 Å². The van der Waals surface area contributed by atoms with E-state index < -0.39 is 65.5 Å². The molecule has 3 rings (SSSR count). The number of primary amides is 1. The summed E-state index contributed by atoms with van der Waals surface area (Å²) in [5.41, 5.74) is 6.20. The number of aryl methyl sites for hydroxylation is 1. The molecule has 11 nitrogen and oxygen atoms in total. The number of amides is 4. The highest BCUT2D eigenvalue weighted by Crippen LogP contribution is 2.34.